The first-order valence-corrected chi connectivity index (χ1v) is 8.44. The van der Waals surface area contributed by atoms with Gasteiger partial charge in [-0.15, -0.1) is 11.3 Å². The molecule has 3 unspecified atom stereocenters. The van der Waals surface area contributed by atoms with Gasteiger partial charge in [0.15, 0.2) is 0 Å². The van der Waals surface area contributed by atoms with Gasteiger partial charge < -0.3 is 15.7 Å². The molecule has 2 aromatic rings. The third-order valence-corrected chi connectivity index (χ3v) is 5.77. The van der Waals surface area contributed by atoms with Crippen LogP contribution in [0.4, 0.5) is 0 Å². The van der Waals surface area contributed by atoms with Crippen LogP contribution >= 0.6 is 11.3 Å². The largest absolute Gasteiger partial charge is 0.508 e. The van der Waals surface area contributed by atoms with E-state index < -0.39 is 0 Å². The Balaban J connectivity index is 1.48. The molecular formula is C17H18N2O2S. The fourth-order valence-electron chi connectivity index (χ4n) is 3.53. The summed E-state index contributed by atoms with van der Waals surface area (Å²) in [6.45, 7) is 1.02. The van der Waals surface area contributed by atoms with Gasteiger partial charge in [-0.05, 0) is 48.6 Å². The van der Waals surface area contributed by atoms with Crippen molar-refractivity contribution in [2.24, 2.45) is 5.92 Å². The number of fused-ring (bicyclic) bond motifs is 2. The third kappa shape index (κ3) is 2.51. The minimum atomic E-state index is 0.0222. The molecule has 3 N–H and O–H groups in total. The van der Waals surface area contributed by atoms with E-state index in [4.69, 9.17) is 0 Å². The van der Waals surface area contributed by atoms with Gasteiger partial charge in [-0.1, -0.05) is 12.1 Å². The Kier molecular flexibility index (Phi) is 3.39. The summed E-state index contributed by atoms with van der Waals surface area (Å²) >= 11 is 1.47. The van der Waals surface area contributed by atoms with Crippen LogP contribution < -0.4 is 10.6 Å². The molecule has 1 aliphatic carbocycles. The number of benzene rings is 1. The van der Waals surface area contributed by atoms with E-state index in [1.54, 1.807) is 12.1 Å². The number of piperidine rings is 1. The van der Waals surface area contributed by atoms with Crippen LogP contribution in [-0.2, 0) is 0 Å². The number of thiophene rings is 1. The number of hydrogen-bond acceptors (Lipinski definition) is 4. The number of phenols is 1. The molecule has 1 amide bonds. The zero-order valence-corrected chi connectivity index (χ0v) is 12.9. The van der Waals surface area contributed by atoms with Crippen molar-refractivity contribution >= 4 is 17.2 Å². The lowest BCUT2D eigenvalue weighted by Crippen LogP contribution is -2.43. The summed E-state index contributed by atoms with van der Waals surface area (Å²) in [5.74, 6) is 0.847. The summed E-state index contributed by atoms with van der Waals surface area (Å²) in [5, 5.41) is 16.2. The number of nitrogens with one attached hydrogen (secondary N) is 2. The second-order valence-electron chi connectivity index (χ2n) is 6.13. The Morgan fingerprint density at radius 1 is 1.27 bits per heavy atom. The van der Waals surface area contributed by atoms with Gasteiger partial charge >= 0.3 is 0 Å². The zero-order chi connectivity index (χ0) is 15.1. The second-order valence-corrected chi connectivity index (χ2v) is 7.21. The predicted octanol–water partition coefficient (Wildman–Crippen LogP) is 2.60. The fourth-order valence-corrected chi connectivity index (χ4v) is 4.43. The number of phenolic OH excluding ortho intramolecular Hbond substituents is 1. The minimum Gasteiger partial charge on any atom is -0.508 e. The Morgan fingerprint density at radius 2 is 2.18 bits per heavy atom. The summed E-state index contributed by atoms with van der Waals surface area (Å²) in [4.78, 5) is 14.1. The molecule has 1 saturated heterocycles. The molecule has 1 aromatic heterocycles. The summed E-state index contributed by atoms with van der Waals surface area (Å²) in [5.41, 5.74) is 0.938. The Labute approximate surface area is 133 Å². The first-order valence-electron chi connectivity index (χ1n) is 7.62. The highest BCUT2D eigenvalue weighted by atomic mass is 32.1. The molecule has 1 saturated carbocycles. The van der Waals surface area contributed by atoms with Crippen molar-refractivity contribution in [3.63, 3.8) is 0 Å². The Morgan fingerprint density at radius 3 is 2.91 bits per heavy atom. The van der Waals surface area contributed by atoms with Gasteiger partial charge in [0.25, 0.3) is 5.91 Å². The molecule has 114 valence electrons. The summed E-state index contributed by atoms with van der Waals surface area (Å²) in [6, 6.07) is 11.8. The van der Waals surface area contributed by atoms with Crippen molar-refractivity contribution in [3.05, 3.63) is 41.3 Å². The highest BCUT2D eigenvalue weighted by Crippen LogP contribution is 2.33. The first-order chi connectivity index (χ1) is 10.7. The lowest BCUT2D eigenvalue weighted by Gasteiger charge is -2.23. The average Bonchev–Trinajstić information content (AvgIpc) is 3.23. The Bertz CT molecular complexity index is 712. The molecule has 2 heterocycles. The van der Waals surface area contributed by atoms with Crippen LogP contribution in [0.15, 0.2) is 36.4 Å². The molecule has 0 radical (unpaired) electrons. The van der Waals surface area contributed by atoms with Crippen LogP contribution in [0.1, 0.15) is 22.5 Å². The molecule has 5 heteroatoms. The lowest BCUT2D eigenvalue weighted by atomic mass is 10.0. The van der Waals surface area contributed by atoms with Gasteiger partial charge in [0.05, 0.1) is 4.88 Å². The lowest BCUT2D eigenvalue weighted by molar-refractivity contribution is 0.0929. The van der Waals surface area contributed by atoms with E-state index in [1.165, 1.54) is 17.8 Å². The molecule has 1 aromatic carbocycles. The van der Waals surface area contributed by atoms with Crippen LogP contribution in [0, 0.1) is 5.92 Å². The monoisotopic (exact) mass is 314 g/mol. The number of amides is 1. The maximum atomic E-state index is 12.4. The number of aromatic hydroxyl groups is 1. The quantitative estimate of drug-likeness (QED) is 0.816. The van der Waals surface area contributed by atoms with Crippen molar-refractivity contribution in [2.75, 3.05) is 6.54 Å². The summed E-state index contributed by atoms with van der Waals surface area (Å²) in [6.07, 6.45) is 2.23. The number of rotatable bonds is 3. The maximum Gasteiger partial charge on any atom is 0.261 e. The predicted molar refractivity (Wildman–Crippen MR) is 87.2 cm³/mol. The highest BCUT2D eigenvalue weighted by Gasteiger charge is 2.40. The molecule has 4 rings (SSSR count). The number of carbonyl (C=O) groups is 1. The van der Waals surface area contributed by atoms with Crippen LogP contribution in [-0.4, -0.2) is 29.6 Å². The maximum absolute atomic E-state index is 12.4. The topological polar surface area (TPSA) is 61.4 Å². The molecule has 4 nitrogen and oxygen atoms in total. The van der Waals surface area contributed by atoms with Gasteiger partial charge in [0, 0.05) is 23.5 Å². The summed E-state index contributed by atoms with van der Waals surface area (Å²) in [7, 11) is 0. The summed E-state index contributed by atoms with van der Waals surface area (Å²) < 4.78 is 0. The van der Waals surface area contributed by atoms with E-state index in [2.05, 4.69) is 10.6 Å². The Hall–Kier alpha value is -1.85. The van der Waals surface area contributed by atoms with Crippen LogP contribution in [0.2, 0.25) is 0 Å². The standard InChI is InChI=1S/C17H18N2O2S/c20-13-3-1-2-10(7-13)15-4-5-16(22-15)17(21)19-14-8-12-6-11(14)9-18-12/h1-5,7,11-12,14,18,20H,6,8-9H2,(H,19,21). The van der Waals surface area contributed by atoms with Crippen molar-refractivity contribution in [1.29, 1.82) is 0 Å². The third-order valence-electron chi connectivity index (χ3n) is 4.64. The molecule has 2 fully saturated rings. The van der Waals surface area contributed by atoms with E-state index in [9.17, 15) is 9.90 Å². The van der Waals surface area contributed by atoms with Gasteiger partial charge in [-0.2, -0.15) is 0 Å². The number of hydrogen-bond donors (Lipinski definition) is 3. The number of carbonyl (C=O) groups excluding carboxylic acids is 1. The second kappa shape index (κ2) is 5.41. The van der Waals surface area contributed by atoms with Crippen molar-refractivity contribution < 1.29 is 9.90 Å². The smallest absolute Gasteiger partial charge is 0.261 e. The van der Waals surface area contributed by atoms with E-state index in [-0.39, 0.29) is 11.7 Å². The molecule has 0 spiro atoms. The molecule has 22 heavy (non-hydrogen) atoms. The first kappa shape index (κ1) is 13.8. The zero-order valence-electron chi connectivity index (χ0n) is 12.1. The average molecular weight is 314 g/mol. The SMILES string of the molecule is O=C(NC1CC2CC1CN2)c1ccc(-c2cccc(O)c2)s1. The molecule has 1 aliphatic heterocycles. The minimum absolute atomic E-state index is 0.0222. The van der Waals surface area contributed by atoms with Gasteiger partial charge in [-0.25, -0.2) is 0 Å². The van der Waals surface area contributed by atoms with Gasteiger partial charge in [-0.3, -0.25) is 4.79 Å². The van der Waals surface area contributed by atoms with Gasteiger partial charge in [0.2, 0.25) is 0 Å². The molecule has 2 bridgehead atoms. The van der Waals surface area contributed by atoms with Gasteiger partial charge in [0.1, 0.15) is 5.75 Å². The van der Waals surface area contributed by atoms with E-state index in [0.29, 0.717) is 18.0 Å². The highest BCUT2D eigenvalue weighted by molar-refractivity contribution is 7.17. The van der Waals surface area contributed by atoms with Crippen molar-refractivity contribution in [3.8, 4) is 16.2 Å². The molecule has 2 aliphatic rings. The van der Waals surface area contributed by atoms with Crippen molar-refractivity contribution in [1.82, 2.24) is 10.6 Å². The van der Waals surface area contributed by atoms with Crippen molar-refractivity contribution in [2.45, 2.75) is 24.9 Å². The van der Waals surface area contributed by atoms with Crippen LogP contribution in [0.25, 0.3) is 10.4 Å². The van der Waals surface area contributed by atoms with Crippen LogP contribution in [0.3, 0.4) is 0 Å². The fraction of sp³-hybridized carbons (Fsp3) is 0.353. The van der Waals surface area contributed by atoms with E-state index in [0.717, 1.165) is 28.3 Å². The van der Waals surface area contributed by atoms with E-state index >= 15 is 0 Å². The molecule has 3 atom stereocenters. The normalized spacial score (nSPS) is 26.3. The van der Waals surface area contributed by atoms with Crippen LogP contribution in [0.5, 0.6) is 5.75 Å². The molecular weight excluding hydrogens is 296 g/mol. The van der Waals surface area contributed by atoms with E-state index in [1.807, 2.05) is 24.3 Å².